The van der Waals surface area contributed by atoms with Gasteiger partial charge in [0.05, 0.1) is 14.2 Å². The van der Waals surface area contributed by atoms with Crippen molar-refractivity contribution in [3.63, 3.8) is 0 Å². The quantitative estimate of drug-likeness (QED) is 0.594. The number of carbonyl (C=O) groups is 3. The molecule has 8 nitrogen and oxygen atoms in total. The van der Waals surface area contributed by atoms with Gasteiger partial charge in [0.25, 0.3) is 11.8 Å². The van der Waals surface area contributed by atoms with Crippen molar-refractivity contribution in [1.82, 2.24) is 15.1 Å². The molecular weight excluding hydrogens is 446 g/mol. The summed E-state index contributed by atoms with van der Waals surface area (Å²) in [4.78, 5) is 42.9. The molecular formula is C27H35N3O5. The topological polar surface area (TPSA) is 88.2 Å². The minimum absolute atomic E-state index is 0.0417. The lowest BCUT2D eigenvalue weighted by Crippen LogP contribution is -2.54. The van der Waals surface area contributed by atoms with E-state index in [1.54, 1.807) is 67.7 Å². The Morgan fingerprint density at radius 1 is 0.886 bits per heavy atom. The number of benzene rings is 2. The van der Waals surface area contributed by atoms with Crippen molar-refractivity contribution >= 4 is 17.7 Å². The summed E-state index contributed by atoms with van der Waals surface area (Å²) >= 11 is 0. The minimum atomic E-state index is -0.650. The molecule has 0 spiro atoms. The number of likely N-dealkylation sites (N-methyl/N-ethyl adjacent to an activating group) is 1. The first kappa shape index (κ1) is 26.1. The van der Waals surface area contributed by atoms with Gasteiger partial charge in [-0.15, -0.1) is 0 Å². The molecule has 1 aliphatic rings. The highest BCUT2D eigenvalue weighted by atomic mass is 16.5. The summed E-state index contributed by atoms with van der Waals surface area (Å²) in [6.45, 7) is 6.05. The summed E-state index contributed by atoms with van der Waals surface area (Å²) < 4.78 is 10.3. The second-order valence-corrected chi connectivity index (χ2v) is 8.55. The van der Waals surface area contributed by atoms with Gasteiger partial charge < -0.3 is 24.6 Å². The number of carbonyl (C=O) groups excluding carboxylic acids is 3. The predicted molar refractivity (Wildman–Crippen MR) is 134 cm³/mol. The summed E-state index contributed by atoms with van der Waals surface area (Å²) in [6, 6.07) is 13.2. The van der Waals surface area contributed by atoms with E-state index in [0.29, 0.717) is 61.6 Å². The van der Waals surface area contributed by atoms with Crippen LogP contribution in [0.25, 0.3) is 0 Å². The highest BCUT2D eigenvalue weighted by Crippen LogP contribution is 2.25. The molecule has 3 amide bonds. The summed E-state index contributed by atoms with van der Waals surface area (Å²) in [5.74, 6) is 0.869. The summed E-state index contributed by atoms with van der Waals surface area (Å²) in [6.07, 6.45) is 1.25. The summed E-state index contributed by atoms with van der Waals surface area (Å²) in [7, 11) is 3.16. The van der Waals surface area contributed by atoms with Crippen molar-refractivity contribution in [3.8, 4) is 11.5 Å². The molecule has 1 saturated heterocycles. The molecule has 1 fully saturated rings. The molecule has 3 rings (SSSR count). The number of piperidine rings is 1. The third kappa shape index (κ3) is 6.32. The number of ether oxygens (including phenoxy) is 2. The van der Waals surface area contributed by atoms with Crippen molar-refractivity contribution < 1.29 is 23.9 Å². The van der Waals surface area contributed by atoms with Gasteiger partial charge in [0, 0.05) is 37.3 Å². The molecule has 0 saturated carbocycles. The standard InChI is InChI=1S/C27H35N3O5/c1-5-29(6-2)27(33)24(28-25(31)20-7-11-22(34-3)12-8-20)19-15-17-30(18-16-19)26(32)21-9-13-23(35-4)14-10-21/h7-14,19,24H,5-6,15-18H2,1-4H3,(H,28,31)/t24-/m1/s1. The van der Waals surface area contributed by atoms with E-state index in [9.17, 15) is 14.4 Å². The van der Waals surface area contributed by atoms with Crippen LogP contribution >= 0.6 is 0 Å². The number of likely N-dealkylation sites (tertiary alicyclic amines) is 1. The molecule has 1 atom stereocenters. The van der Waals surface area contributed by atoms with Crippen molar-refractivity contribution in [2.75, 3.05) is 40.4 Å². The van der Waals surface area contributed by atoms with Crippen LogP contribution in [0.5, 0.6) is 11.5 Å². The average molecular weight is 482 g/mol. The average Bonchev–Trinajstić information content (AvgIpc) is 2.92. The number of nitrogens with one attached hydrogen (secondary N) is 1. The highest BCUT2D eigenvalue weighted by Gasteiger charge is 2.35. The van der Waals surface area contributed by atoms with Crippen LogP contribution in [0.3, 0.4) is 0 Å². The Morgan fingerprint density at radius 2 is 1.37 bits per heavy atom. The number of rotatable bonds is 9. The minimum Gasteiger partial charge on any atom is -0.497 e. The maximum absolute atomic E-state index is 13.4. The number of hydrogen-bond acceptors (Lipinski definition) is 5. The van der Waals surface area contributed by atoms with Gasteiger partial charge in [-0.2, -0.15) is 0 Å². The maximum atomic E-state index is 13.4. The van der Waals surface area contributed by atoms with Crippen molar-refractivity contribution in [2.24, 2.45) is 5.92 Å². The number of methoxy groups -OCH3 is 2. The van der Waals surface area contributed by atoms with Crippen molar-refractivity contribution in [1.29, 1.82) is 0 Å². The van der Waals surface area contributed by atoms with E-state index >= 15 is 0 Å². The van der Waals surface area contributed by atoms with Crippen molar-refractivity contribution in [2.45, 2.75) is 32.7 Å². The fourth-order valence-electron chi connectivity index (χ4n) is 4.43. The van der Waals surface area contributed by atoms with Gasteiger partial charge in [0.15, 0.2) is 0 Å². The molecule has 188 valence electrons. The van der Waals surface area contributed by atoms with Crippen LogP contribution in [0.2, 0.25) is 0 Å². The third-order valence-electron chi connectivity index (χ3n) is 6.62. The molecule has 2 aromatic carbocycles. The molecule has 0 unspecified atom stereocenters. The first-order valence-electron chi connectivity index (χ1n) is 12.1. The first-order chi connectivity index (χ1) is 16.9. The molecule has 1 heterocycles. The molecule has 35 heavy (non-hydrogen) atoms. The second kappa shape index (κ2) is 12.2. The molecule has 0 radical (unpaired) electrons. The lowest BCUT2D eigenvalue weighted by molar-refractivity contribution is -0.134. The molecule has 1 aliphatic heterocycles. The molecule has 2 aromatic rings. The van der Waals surface area contributed by atoms with Crippen LogP contribution in [0.15, 0.2) is 48.5 Å². The fourth-order valence-corrected chi connectivity index (χ4v) is 4.43. The van der Waals surface area contributed by atoms with Gasteiger partial charge in [-0.3, -0.25) is 14.4 Å². The number of hydrogen-bond donors (Lipinski definition) is 1. The summed E-state index contributed by atoms with van der Waals surface area (Å²) in [5.41, 5.74) is 1.07. The van der Waals surface area contributed by atoms with E-state index in [1.807, 2.05) is 18.7 Å². The van der Waals surface area contributed by atoms with Crippen LogP contribution in [0, 0.1) is 5.92 Å². The third-order valence-corrected chi connectivity index (χ3v) is 6.62. The Hall–Kier alpha value is -3.55. The number of nitrogens with zero attached hydrogens (tertiary/aromatic N) is 2. The van der Waals surface area contributed by atoms with E-state index in [1.165, 1.54) is 0 Å². The van der Waals surface area contributed by atoms with E-state index in [0.717, 1.165) is 0 Å². The Kier molecular flexibility index (Phi) is 9.11. The van der Waals surface area contributed by atoms with E-state index < -0.39 is 6.04 Å². The SMILES string of the molecule is CCN(CC)C(=O)[C@H](NC(=O)c1ccc(OC)cc1)C1CCN(C(=O)c2ccc(OC)cc2)CC1. The fraction of sp³-hybridized carbons (Fsp3) is 0.444. The molecule has 0 bridgehead atoms. The van der Waals surface area contributed by atoms with Crippen LogP contribution < -0.4 is 14.8 Å². The lowest BCUT2D eigenvalue weighted by atomic mass is 9.87. The first-order valence-corrected chi connectivity index (χ1v) is 12.1. The number of amides is 3. The zero-order valence-electron chi connectivity index (χ0n) is 21.0. The van der Waals surface area contributed by atoms with Crippen LogP contribution in [-0.4, -0.2) is 74.0 Å². The molecule has 1 N–H and O–H groups in total. The van der Waals surface area contributed by atoms with Gasteiger partial charge in [0.1, 0.15) is 17.5 Å². The van der Waals surface area contributed by atoms with Gasteiger partial charge in [-0.1, -0.05) is 0 Å². The molecule has 0 aliphatic carbocycles. The predicted octanol–water partition coefficient (Wildman–Crippen LogP) is 3.22. The normalized spacial score (nSPS) is 14.7. The highest BCUT2D eigenvalue weighted by molar-refractivity contribution is 5.98. The van der Waals surface area contributed by atoms with Gasteiger partial charge in [0.2, 0.25) is 5.91 Å². The van der Waals surface area contributed by atoms with E-state index in [4.69, 9.17) is 9.47 Å². The van der Waals surface area contributed by atoms with Crippen LogP contribution in [-0.2, 0) is 4.79 Å². The lowest BCUT2D eigenvalue weighted by Gasteiger charge is -2.37. The van der Waals surface area contributed by atoms with Crippen LogP contribution in [0.4, 0.5) is 0 Å². The van der Waals surface area contributed by atoms with Gasteiger partial charge >= 0.3 is 0 Å². The molecule has 8 heteroatoms. The smallest absolute Gasteiger partial charge is 0.253 e. The Bertz CT molecular complexity index is 994. The largest absolute Gasteiger partial charge is 0.497 e. The van der Waals surface area contributed by atoms with Crippen LogP contribution in [0.1, 0.15) is 47.4 Å². The van der Waals surface area contributed by atoms with E-state index in [2.05, 4.69) is 5.32 Å². The summed E-state index contributed by atoms with van der Waals surface area (Å²) in [5, 5.41) is 2.99. The second-order valence-electron chi connectivity index (χ2n) is 8.55. The molecule has 0 aromatic heterocycles. The monoisotopic (exact) mass is 481 g/mol. The zero-order valence-corrected chi connectivity index (χ0v) is 21.0. The maximum Gasteiger partial charge on any atom is 0.253 e. The van der Waals surface area contributed by atoms with E-state index in [-0.39, 0.29) is 23.6 Å². The zero-order chi connectivity index (χ0) is 25.4. The van der Waals surface area contributed by atoms with Gasteiger partial charge in [-0.25, -0.2) is 0 Å². The van der Waals surface area contributed by atoms with Crippen molar-refractivity contribution in [3.05, 3.63) is 59.7 Å². The van der Waals surface area contributed by atoms with Gasteiger partial charge in [-0.05, 0) is 81.1 Å². The Labute approximate surface area is 207 Å². The Balaban J connectivity index is 1.71. The Morgan fingerprint density at radius 3 is 1.83 bits per heavy atom.